The molecule has 4 nitrogen and oxygen atoms in total. The summed E-state index contributed by atoms with van der Waals surface area (Å²) >= 11 is 5.25. The van der Waals surface area contributed by atoms with Gasteiger partial charge in [-0.25, -0.2) is 0 Å². The molecule has 6 heteroatoms. The number of phenols is 1. The van der Waals surface area contributed by atoms with Crippen LogP contribution in [0.15, 0.2) is 52.3 Å². The molecule has 0 saturated carbocycles. The van der Waals surface area contributed by atoms with Crippen molar-refractivity contribution >= 4 is 43.9 Å². The van der Waals surface area contributed by atoms with Gasteiger partial charge < -0.3 is 10.0 Å². The second-order valence-corrected chi connectivity index (χ2v) is 9.04. The Labute approximate surface area is 164 Å². The van der Waals surface area contributed by atoms with E-state index < -0.39 is 0 Å². The third-order valence-electron chi connectivity index (χ3n) is 4.76. The van der Waals surface area contributed by atoms with Crippen molar-refractivity contribution in [1.29, 1.82) is 0 Å². The Morgan fingerprint density at radius 1 is 1.04 bits per heavy atom. The highest BCUT2D eigenvalue weighted by Crippen LogP contribution is 2.27. The molecule has 1 saturated heterocycles. The molecule has 0 radical (unpaired) electrons. The molecule has 2 aromatic carbocycles. The number of hydrogen-bond acceptors (Lipinski definition) is 4. The molecule has 3 aromatic rings. The molecular formula is C20H19BrN2O2S. The quantitative estimate of drug-likeness (QED) is 0.672. The lowest BCUT2D eigenvalue weighted by molar-refractivity contribution is 0.0627. The maximum atomic E-state index is 12.9. The highest BCUT2D eigenvalue weighted by atomic mass is 79.9. The summed E-state index contributed by atoms with van der Waals surface area (Å²) in [6, 6.07) is 15.4. The minimum Gasteiger partial charge on any atom is -0.507 e. The lowest BCUT2D eigenvalue weighted by Crippen LogP contribution is -2.48. The van der Waals surface area contributed by atoms with E-state index in [1.54, 1.807) is 23.5 Å². The maximum absolute atomic E-state index is 12.9. The van der Waals surface area contributed by atoms with Crippen molar-refractivity contribution in [2.45, 2.75) is 6.54 Å². The molecule has 0 bridgehead atoms. The van der Waals surface area contributed by atoms with E-state index in [1.165, 1.54) is 4.88 Å². The standard InChI is InChI=1S/C20H19BrN2O2S/c21-19-6-5-16(26-19)13-22-7-9-23(10-8-22)20(25)17-11-14-3-1-2-4-15(14)12-18(17)24/h1-6,11-12,24H,7-10,13H2. The summed E-state index contributed by atoms with van der Waals surface area (Å²) < 4.78 is 1.15. The van der Waals surface area contributed by atoms with E-state index in [0.29, 0.717) is 18.7 Å². The molecular weight excluding hydrogens is 412 g/mol. The third kappa shape index (κ3) is 3.63. The molecule has 1 fully saturated rings. The Bertz CT molecular complexity index is 948. The van der Waals surface area contributed by atoms with Crippen molar-refractivity contribution in [3.05, 3.63) is 62.8 Å². The smallest absolute Gasteiger partial charge is 0.257 e. The van der Waals surface area contributed by atoms with Crippen LogP contribution in [0.3, 0.4) is 0 Å². The van der Waals surface area contributed by atoms with Crippen molar-refractivity contribution < 1.29 is 9.90 Å². The molecule has 0 unspecified atom stereocenters. The second kappa shape index (κ2) is 7.39. The molecule has 4 rings (SSSR count). The van der Waals surface area contributed by atoms with E-state index in [4.69, 9.17) is 0 Å². The number of aromatic hydroxyl groups is 1. The largest absolute Gasteiger partial charge is 0.507 e. The molecule has 0 spiro atoms. The number of rotatable bonds is 3. The lowest BCUT2D eigenvalue weighted by atomic mass is 10.0. The zero-order valence-electron chi connectivity index (χ0n) is 14.2. The molecule has 26 heavy (non-hydrogen) atoms. The van der Waals surface area contributed by atoms with Crippen LogP contribution in [-0.4, -0.2) is 47.0 Å². The molecule has 134 valence electrons. The monoisotopic (exact) mass is 430 g/mol. The molecule has 1 amide bonds. The normalized spacial score (nSPS) is 15.5. The topological polar surface area (TPSA) is 43.8 Å². The van der Waals surface area contributed by atoms with Gasteiger partial charge in [0.05, 0.1) is 9.35 Å². The summed E-state index contributed by atoms with van der Waals surface area (Å²) in [6.07, 6.45) is 0. The Balaban J connectivity index is 1.44. The zero-order chi connectivity index (χ0) is 18.1. The van der Waals surface area contributed by atoms with Crippen LogP contribution < -0.4 is 0 Å². The Hall–Kier alpha value is -1.89. The first kappa shape index (κ1) is 17.5. The van der Waals surface area contributed by atoms with Gasteiger partial charge in [-0.3, -0.25) is 9.69 Å². The first-order valence-corrected chi connectivity index (χ1v) is 10.2. The highest BCUT2D eigenvalue weighted by molar-refractivity contribution is 9.11. The van der Waals surface area contributed by atoms with Gasteiger partial charge in [0.2, 0.25) is 0 Å². The van der Waals surface area contributed by atoms with E-state index in [-0.39, 0.29) is 11.7 Å². The molecule has 1 N–H and O–H groups in total. The fourth-order valence-corrected chi connectivity index (χ4v) is 4.86. The van der Waals surface area contributed by atoms with Gasteiger partial charge in [0, 0.05) is 37.6 Å². The van der Waals surface area contributed by atoms with Crippen LogP contribution in [0.1, 0.15) is 15.2 Å². The predicted molar refractivity (Wildman–Crippen MR) is 109 cm³/mol. The number of benzene rings is 2. The van der Waals surface area contributed by atoms with Gasteiger partial charge in [-0.15, -0.1) is 11.3 Å². The molecule has 0 atom stereocenters. The number of carbonyl (C=O) groups excluding carboxylic acids is 1. The number of piperazine rings is 1. The summed E-state index contributed by atoms with van der Waals surface area (Å²) in [5, 5.41) is 12.2. The summed E-state index contributed by atoms with van der Waals surface area (Å²) in [7, 11) is 0. The summed E-state index contributed by atoms with van der Waals surface area (Å²) in [4.78, 5) is 18.4. The van der Waals surface area contributed by atoms with Crippen LogP contribution in [0.5, 0.6) is 5.75 Å². The van der Waals surface area contributed by atoms with E-state index in [1.807, 2.05) is 29.2 Å². The number of carbonyl (C=O) groups is 1. The van der Waals surface area contributed by atoms with Gasteiger partial charge in [0.25, 0.3) is 5.91 Å². The van der Waals surface area contributed by atoms with Crippen LogP contribution in [0.2, 0.25) is 0 Å². The summed E-state index contributed by atoms with van der Waals surface area (Å²) in [5.74, 6) is -0.0358. The first-order valence-electron chi connectivity index (χ1n) is 8.58. The fraction of sp³-hybridized carbons (Fsp3) is 0.250. The number of phenolic OH excluding ortho intramolecular Hbond substituents is 1. The average Bonchev–Trinajstić information content (AvgIpc) is 3.06. The van der Waals surface area contributed by atoms with Gasteiger partial charge >= 0.3 is 0 Å². The number of nitrogens with zero attached hydrogens (tertiary/aromatic N) is 2. The SMILES string of the molecule is O=C(c1cc2ccccc2cc1O)N1CCN(Cc2ccc(Br)s2)CC1. The van der Waals surface area contributed by atoms with Crippen molar-refractivity contribution in [3.63, 3.8) is 0 Å². The van der Waals surface area contributed by atoms with Crippen molar-refractivity contribution in [1.82, 2.24) is 9.80 Å². The number of amides is 1. The minimum atomic E-state index is -0.0910. The van der Waals surface area contributed by atoms with Gasteiger partial charge in [-0.05, 0) is 51.0 Å². The summed E-state index contributed by atoms with van der Waals surface area (Å²) in [5.41, 5.74) is 0.388. The second-order valence-electron chi connectivity index (χ2n) is 6.49. The first-order chi connectivity index (χ1) is 12.6. The van der Waals surface area contributed by atoms with Crippen LogP contribution in [-0.2, 0) is 6.54 Å². The van der Waals surface area contributed by atoms with Crippen molar-refractivity contribution in [2.24, 2.45) is 0 Å². The van der Waals surface area contributed by atoms with Gasteiger partial charge in [0.1, 0.15) is 5.75 Å². The van der Waals surface area contributed by atoms with Crippen LogP contribution in [0, 0.1) is 0 Å². The van der Waals surface area contributed by atoms with E-state index in [9.17, 15) is 9.90 Å². The number of hydrogen-bond donors (Lipinski definition) is 1. The lowest BCUT2D eigenvalue weighted by Gasteiger charge is -2.34. The highest BCUT2D eigenvalue weighted by Gasteiger charge is 2.24. The molecule has 1 aliphatic rings. The number of fused-ring (bicyclic) bond motifs is 1. The van der Waals surface area contributed by atoms with Crippen LogP contribution in [0.25, 0.3) is 10.8 Å². The Morgan fingerprint density at radius 3 is 2.38 bits per heavy atom. The maximum Gasteiger partial charge on any atom is 0.257 e. The van der Waals surface area contributed by atoms with Gasteiger partial charge in [-0.1, -0.05) is 24.3 Å². The zero-order valence-corrected chi connectivity index (χ0v) is 16.6. The Morgan fingerprint density at radius 2 is 1.73 bits per heavy atom. The van der Waals surface area contributed by atoms with Crippen LogP contribution in [0.4, 0.5) is 0 Å². The third-order valence-corrected chi connectivity index (χ3v) is 6.37. The van der Waals surface area contributed by atoms with E-state index in [2.05, 4.69) is 33.0 Å². The molecule has 1 aromatic heterocycles. The summed E-state index contributed by atoms with van der Waals surface area (Å²) in [6.45, 7) is 3.96. The van der Waals surface area contributed by atoms with E-state index in [0.717, 1.165) is 34.2 Å². The van der Waals surface area contributed by atoms with Gasteiger partial charge in [0.15, 0.2) is 0 Å². The average molecular weight is 431 g/mol. The molecule has 1 aliphatic heterocycles. The van der Waals surface area contributed by atoms with Crippen molar-refractivity contribution in [3.8, 4) is 5.75 Å². The van der Waals surface area contributed by atoms with Gasteiger partial charge in [-0.2, -0.15) is 0 Å². The molecule has 2 heterocycles. The van der Waals surface area contributed by atoms with E-state index >= 15 is 0 Å². The predicted octanol–water partition coefficient (Wildman–Crippen LogP) is 4.33. The minimum absolute atomic E-state index is 0.0552. The number of thiophene rings is 1. The van der Waals surface area contributed by atoms with Crippen molar-refractivity contribution in [2.75, 3.05) is 26.2 Å². The van der Waals surface area contributed by atoms with Crippen LogP contribution >= 0.6 is 27.3 Å². The number of halogens is 1. The Kier molecular flexibility index (Phi) is 4.98. The molecule has 0 aliphatic carbocycles. The fourth-order valence-electron chi connectivity index (χ4n) is 3.34.